The number of rotatable bonds is 2. The molecule has 0 radical (unpaired) electrons. The average molecular weight is 954 g/mol. The molecule has 0 amide bonds. The minimum absolute atomic E-state index is 0.0787. The van der Waals surface area contributed by atoms with Crippen LogP contribution in [-0.4, -0.2) is 18.3 Å². The molecule has 6 bridgehead atoms. The van der Waals surface area contributed by atoms with E-state index in [4.69, 9.17) is 9.98 Å². The van der Waals surface area contributed by atoms with Gasteiger partial charge in [0, 0.05) is 88.8 Å². The predicted octanol–water partition coefficient (Wildman–Crippen LogP) is 16.0. The monoisotopic (exact) mass is 953 g/mol. The lowest BCUT2D eigenvalue weighted by Crippen LogP contribution is -2.54. The Hall–Kier alpha value is -7.94. The highest BCUT2D eigenvalue weighted by molar-refractivity contribution is 7.26. The van der Waals surface area contributed by atoms with Crippen LogP contribution >= 0.6 is 34.0 Å². The zero-order valence-corrected chi connectivity index (χ0v) is 40.4. The van der Waals surface area contributed by atoms with Gasteiger partial charge in [-0.2, -0.15) is 0 Å². The van der Waals surface area contributed by atoms with E-state index in [1.807, 2.05) is 34.0 Å². The van der Waals surface area contributed by atoms with Gasteiger partial charge in [0.2, 0.25) is 6.71 Å². The number of aliphatic imine (C=N–C) groups is 2. The van der Waals surface area contributed by atoms with E-state index in [1.54, 1.807) is 0 Å². The van der Waals surface area contributed by atoms with E-state index < -0.39 is 0 Å². The number of anilines is 3. The van der Waals surface area contributed by atoms with Gasteiger partial charge in [0.25, 0.3) is 0 Å². The largest absolute Gasteiger partial charge is 0.310 e. The van der Waals surface area contributed by atoms with Crippen LogP contribution in [0.25, 0.3) is 88.1 Å². The van der Waals surface area contributed by atoms with Gasteiger partial charge in [0.05, 0.1) is 22.8 Å². The van der Waals surface area contributed by atoms with Gasteiger partial charge in [-0.05, 0) is 118 Å². The van der Waals surface area contributed by atoms with Crippen LogP contribution in [-0.2, 0) is 0 Å². The fourth-order valence-electron chi connectivity index (χ4n) is 12.7. The predicted molar refractivity (Wildman–Crippen MR) is 309 cm³/mol. The fourth-order valence-corrected chi connectivity index (χ4v) is 16.0. The van der Waals surface area contributed by atoms with Crippen molar-refractivity contribution < 1.29 is 0 Å². The molecule has 3 aromatic heterocycles. The molecule has 0 N–H and O–H groups in total. The number of thiophene rings is 3. The number of fused-ring (bicyclic) bond motifs is 21. The first-order valence-corrected chi connectivity index (χ1v) is 26.9. The van der Waals surface area contributed by atoms with Gasteiger partial charge in [-0.3, -0.25) is 0 Å². The zero-order valence-electron chi connectivity index (χ0n) is 38.0. The van der Waals surface area contributed by atoms with Gasteiger partial charge in [-0.1, -0.05) is 133 Å². The lowest BCUT2D eigenvalue weighted by atomic mass is 9.37. The standard InChI is InChI=1S/C64H36BN3S3/c1-2-13-39-35(11-1)12-9-17-43(39)62-40-25-27-50(66-64(67-62)37-24-29-55-45(32-37)42-15-4-7-20-53(42)69-55)38-33-46-41-14-3-6-18-48(41)65-49-26-30-58-60(44-16-5-8-21-54(44)70-58)63(49)68(52(34-38)61(46)65)51-19-10-22-57-59(51)47-31-36(40)23-28-56(47)71-57/h1-24,26-34,40H,25H2/b50-27-,66-64-,67-62+. The van der Waals surface area contributed by atoms with Crippen LogP contribution in [0.15, 0.2) is 210 Å². The van der Waals surface area contributed by atoms with Crippen molar-refractivity contribution in [1.29, 1.82) is 0 Å². The third-order valence-corrected chi connectivity index (χ3v) is 19.2. The molecule has 10 aromatic carbocycles. The van der Waals surface area contributed by atoms with E-state index >= 15 is 0 Å². The molecule has 4 aliphatic heterocycles. The number of hydrogen-bond acceptors (Lipinski definition) is 6. The quantitative estimate of drug-likeness (QED) is 0.159. The SMILES string of the molecule is C1=C2/N=C(c3ccc4sc5ccccc5c4c3)\N=C(\c3cccc4ccccc34)C(C\1)c1ccc3sc4cccc(c4c3c1)N1c3cc2cc2c3B(c3ccccc3-2)c2ccc3sc4ccccc4c3c21. The molecule has 71 heavy (non-hydrogen) atoms. The summed E-state index contributed by atoms with van der Waals surface area (Å²) in [6.07, 6.45) is 3.16. The first-order chi connectivity index (χ1) is 35.2. The summed E-state index contributed by atoms with van der Waals surface area (Å²) in [7, 11) is 0. The van der Waals surface area contributed by atoms with Crippen molar-refractivity contribution in [3.8, 4) is 11.1 Å². The first-order valence-electron chi connectivity index (χ1n) is 24.4. The van der Waals surface area contributed by atoms with E-state index in [-0.39, 0.29) is 12.6 Å². The Kier molecular flexibility index (Phi) is 7.85. The molecule has 17 rings (SSSR count). The minimum Gasteiger partial charge on any atom is -0.310 e. The van der Waals surface area contributed by atoms with Crippen LogP contribution < -0.4 is 21.3 Å². The number of hydrogen-bond donors (Lipinski definition) is 0. The topological polar surface area (TPSA) is 28.0 Å². The molecule has 0 spiro atoms. The van der Waals surface area contributed by atoms with Crippen molar-refractivity contribution in [2.75, 3.05) is 4.90 Å². The zero-order chi connectivity index (χ0) is 46.1. The summed E-state index contributed by atoms with van der Waals surface area (Å²) in [4.78, 5) is 14.5. The van der Waals surface area contributed by atoms with Crippen LogP contribution in [0.4, 0.5) is 17.1 Å². The highest BCUT2D eigenvalue weighted by Crippen LogP contribution is 2.52. The van der Waals surface area contributed by atoms with Crippen LogP contribution in [0.3, 0.4) is 0 Å². The van der Waals surface area contributed by atoms with E-state index in [9.17, 15) is 0 Å². The Morgan fingerprint density at radius 3 is 2.07 bits per heavy atom. The molecule has 7 heteroatoms. The molecule has 1 atom stereocenters. The Bertz CT molecular complexity index is 4660. The molecule has 7 heterocycles. The Morgan fingerprint density at radius 1 is 0.451 bits per heavy atom. The molecular formula is C64H36BN3S3. The molecule has 0 saturated heterocycles. The third-order valence-electron chi connectivity index (χ3n) is 15.8. The smallest absolute Gasteiger partial charge is 0.248 e. The van der Waals surface area contributed by atoms with Crippen molar-refractivity contribution in [1.82, 2.24) is 0 Å². The van der Waals surface area contributed by atoms with Crippen molar-refractivity contribution in [2.45, 2.75) is 12.3 Å². The Labute approximate surface area is 420 Å². The van der Waals surface area contributed by atoms with Crippen LogP contribution in [0.1, 0.15) is 34.6 Å². The van der Waals surface area contributed by atoms with Crippen LogP contribution in [0.5, 0.6) is 0 Å². The number of nitrogens with zero attached hydrogens (tertiary/aromatic N) is 3. The molecule has 1 unspecified atom stereocenters. The molecule has 13 aromatic rings. The van der Waals surface area contributed by atoms with Gasteiger partial charge < -0.3 is 4.90 Å². The summed E-state index contributed by atoms with van der Waals surface area (Å²) >= 11 is 5.64. The second-order valence-corrected chi connectivity index (χ2v) is 22.7. The summed E-state index contributed by atoms with van der Waals surface area (Å²) in [5.41, 5.74) is 16.9. The molecule has 328 valence electrons. The van der Waals surface area contributed by atoms with Gasteiger partial charge in [-0.15, -0.1) is 34.0 Å². The average Bonchev–Trinajstić information content (AvgIpc) is 4.18. The maximum absolute atomic E-state index is 5.95. The van der Waals surface area contributed by atoms with Crippen LogP contribution in [0.2, 0.25) is 0 Å². The highest BCUT2D eigenvalue weighted by Gasteiger charge is 2.44. The summed E-state index contributed by atoms with van der Waals surface area (Å²) in [5, 5.41) is 10.1. The van der Waals surface area contributed by atoms with Gasteiger partial charge in [-0.25, -0.2) is 9.98 Å². The van der Waals surface area contributed by atoms with Crippen LogP contribution in [0, 0.1) is 0 Å². The summed E-state index contributed by atoms with van der Waals surface area (Å²) in [6, 6.07) is 73.3. The first kappa shape index (κ1) is 38.9. The van der Waals surface area contributed by atoms with Crippen molar-refractivity contribution >= 4 is 163 Å². The van der Waals surface area contributed by atoms with E-state index in [0.29, 0.717) is 0 Å². The Balaban J connectivity index is 1.04. The molecule has 0 aliphatic carbocycles. The lowest BCUT2D eigenvalue weighted by Gasteiger charge is -2.37. The van der Waals surface area contributed by atoms with Crippen molar-refractivity contribution in [3.63, 3.8) is 0 Å². The maximum atomic E-state index is 5.95. The highest BCUT2D eigenvalue weighted by atomic mass is 32.1. The molecule has 0 fully saturated rings. The van der Waals surface area contributed by atoms with Gasteiger partial charge in [0.15, 0.2) is 5.84 Å². The second-order valence-electron chi connectivity index (χ2n) is 19.4. The fraction of sp³-hybridized carbons (Fsp3) is 0.0312. The summed E-state index contributed by atoms with van der Waals surface area (Å²) in [6.45, 7) is 0.0787. The second kappa shape index (κ2) is 14.3. The third kappa shape index (κ3) is 5.38. The number of amidine groups is 1. The molecular weight excluding hydrogens is 918 g/mol. The number of benzene rings is 10. The normalized spacial score (nSPS) is 17.8. The van der Waals surface area contributed by atoms with Crippen molar-refractivity contribution in [3.05, 3.63) is 222 Å². The minimum atomic E-state index is -0.0809. The number of allylic oxidation sites excluding steroid dienone is 1. The van der Waals surface area contributed by atoms with Gasteiger partial charge in [0.1, 0.15) is 0 Å². The summed E-state index contributed by atoms with van der Waals surface area (Å²) < 4.78 is 7.74. The lowest BCUT2D eigenvalue weighted by molar-refractivity contribution is 0.909. The van der Waals surface area contributed by atoms with E-state index in [2.05, 4.69) is 205 Å². The molecule has 3 nitrogen and oxygen atoms in total. The van der Waals surface area contributed by atoms with Gasteiger partial charge >= 0.3 is 0 Å². The van der Waals surface area contributed by atoms with Crippen molar-refractivity contribution in [2.24, 2.45) is 9.98 Å². The Morgan fingerprint density at radius 2 is 1.14 bits per heavy atom. The maximum Gasteiger partial charge on any atom is 0.248 e. The molecule has 0 saturated carbocycles. The summed E-state index contributed by atoms with van der Waals surface area (Å²) in [5.74, 6) is 0.641. The van der Waals surface area contributed by atoms with E-state index in [1.165, 1.54) is 121 Å². The molecule has 4 aliphatic rings. The van der Waals surface area contributed by atoms with E-state index in [0.717, 1.165) is 40.4 Å².